The van der Waals surface area contributed by atoms with Gasteiger partial charge in [-0.2, -0.15) is 5.26 Å². The highest BCUT2D eigenvalue weighted by Crippen LogP contribution is 2.37. The minimum absolute atomic E-state index is 0.0451. The molecule has 1 saturated carbocycles. The maximum absolute atomic E-state index is 11.7. The molecule has 104 valence electrons. The lowest BCUT2D eigenvalue weighted by Gasteiger charge is -2.06. The highest BCUT2D eigenvalue weighted by Gasteiger charge is 2.38. The molecule has 0 unspecified atom stereocenters. The number of carbonyl (C=O) groups excluding carboxylic acids is 2. The molecule has 1 aromatic carbocycles. The van der Waals surface area contributed by atoms with E-state index in [9.17, 15) is 9.59 Å². The van der Waals surface area contributed by atoms with E-state index in [0.717, 1.165) is 6.42 Å². The summed E-state index contributed by atoms with van der Waals surface area (Å²) in [5, 5.41) is 14.2. The number of hydrogen-bond donors (Lipinski definition) is 2. The summed E-state index contributed by atoms with van der Waals surface area (Å²) in [5.41, 5.74) is 1.20. The van der Waals surface area contributed by atoms with E-state index in [-0.39, 0.29) is 24.2 Å². The van der Waals surface area contributed by atoms with Crippen molar-refractivity contribution in [2.45, 2.75) is 19.8 Å². The fourth-order valence-corrected chi connectivity index (χ4v) is 1.97. The molecule has 0 radical (unpaired) electrons. The Morgan fingerprint density at radius 1 is 1.35 bits per heavy atom. The first-order valence-corrected chi connectivity index (χ1v) is 6.68. The van der Waals surface area contributed by atoms with Crippen molar-refractivity contribution < 1.29 is 9.59 Å². The maximum Gasteiger partial charge on any atom is 0.226 e. The number of nitrogens with one attached hydrogen (secondary N) is 2. The van der Waals surface area contributed by atoms with E-state index in [1.165, 1.54) is 0 Å². The molecular formula is C15H17N3O2. The molecule has 1 aliphatic rings. The van der Waals surface area contributed by atoms with Crippen molar-refractivity contribution in [3.05, 3.63) is 29.8 Å². The van der Waals surface area contributed by atoms with Crippen molar-refractivity contribution in [3.8, 4) is 6.07 Å². The molecule has 1 aliphatic carbocycles. The number of nitriles is 1. The van der Waals surface area contributed by atoms with E-state index in [2.05, 4.69) is 10.6 Å². The van der Waals surface area contributed by atoms with Crippen LogP contribution in [0.1, 0.15) is 25.3 Å². The second kappa shape index (κ2) is 6.20. The second-order valence-corrected chi connectivity index (χ2v) is 5.10. The summed E-state index contributed by atoms with van der Waals surface area (Å²) < 4.78 is 0. The predicted octanol–water partition coefficient (Wildman–Crippen LogP) is 1.66. The molecule has 0 saturated heterocycles. The maximum atomic E-state index is 11.7. The fraction of sp³-hybridized carbons (Fsp3) is 0.400. The molecule has 0 heterocycles. The number of nitrogens with zero attached hydrogens (tertiary/aromatic N) is 1. The molecule has 5 nitrogen and oxygen atoms in total. The molecule has 2 N–H and O–H groups in total. The van der Waals surface area contributed by atoms with Crippen LogP contribution in [0.3, 0.4) is 0 Å². The van der Waals surface area contributed by atoms with Crippen molar-refractivity contribution in [1.82, 2.24) is 5.32 Å². The zero-order valence-corrected chi connectivity index (χ0v) is 11.3. The van der Waals surface area contributed by atoms with Gasteiger partial charge in [0.05, 0.1) is 11.6 Å². The second-order valence-electron chi connectivity index (χ2n) is 5.10. The van der Waals surface area contributed by atoms with Crippen molar-refractivity contribution in [3.63, 3.8) is 0 Å². The van der Waals surface area contributed by atoms with Crippen molar-refractivity contribution in [1.29, 1.82) is 5.26 Å². The van der Waals surface area contributed by atoms with Crippen LogP contribution in [-0.4, -0.2) is 18.4 Å². The lowest BCUT2D eigenvalue weighted by Crippen LogP contribution is -2.29. The zero-order chi connectivity index (χ0) is 14.5. The third-order valence-electron chi connectivity index (χ3n) is 3.40. The van der Waals surface area contributed by atoms with Crippen LogP contribution in [0.5, 0.6) is 0 Å². The van der Waals surface area contributed by atoms with Gasteiger partial charge in [0.15, 0.2) is 0 Å². The highest BCUT2D eigenvalue weighted by molar-refractivity contribution is 5.91. The lowest BCUT2D eigenvalue weighted by atomic mass is 10.2. The van der Waals surface area contributed by atoms with Crippen molar-refractivity contribution >= 4 is 17.5 Å². The molecule has 0 aliphatic heterocycles. The number of carbonyl (C=O) groups is 2. The summed E-state index contributed by atoms with van der Waals surface area (Å²) in [6, 6.07) is 8.67. The number of benzene rings is 1. The molecule has 2 rings (SSSR count). The first-order valence-electron chi connectivity index (χ1n) is 6.68. The summed E-state index contributed by atoms with van der Waals surface area (Å²) in [6.45, 7) is 2.39. The molecule has 0 bridgehead atoms. The Labute approximate surface area is 118 Å². The van der Waals surface area contributed by atoms with Crippen LogP contribution in [0.4, 0.5) is 5.69 Å². The van der Waals surface area contributed by atoms with E-state index in [4.69, 9.17) is 5.26 Å². The number of amides is 2. The monoisotopic (exact) mass is 271 g/mol. The first kappa shape index (κ1) is 14.1. The van der Waals surface area contributed by atoms with Crippen LogP contribution >= 0.6 is 0 Å². The Hall–Kier alpha value is -2.35. The largest absolute Gasteiger partial charge is 0.355 e. The van der Waals surface area contributed by atoms with Gasteiger partial charge in [0.2, 0.25) is 11.8 Å². The Bertz CT molecular complexity index is 545. The quantitative estimate of drug-likeness (QED) is 0.854. The van der Waals surface area contributed by atoms with Gasteiger partial charge in [-0.3, -0.25) is 9.59 Å². The summed E-state index contributed by atoms with van der Waals surface area (Å²) in [4.78, 5) is 23.2. The van der Waals surface area contributed by atoms with Crippen LogP contribution in [0.25, 0.3) is 0 Å². The van der Waals surface area contributed by atoms with E-state index >= 15 is 0 Å². The SMILES string of the molecule is C[C@@H]1C[C@@H]1C(=O)NCCC(=O)Nc1ccc(C#N)cc1. The third kappa shape index (κ3) is 3.82. The molecule has 0 spiro atoms. The number of hydrogen-bond acceptors (Lipinski definition) is 3. The van der Waals surface area contributed by atoms with Crippen molar-refractivity contribution in [2.75, 3.05) is 11.9 Å². The molecule has 20 heavy (non-hydrogen) atoms. The predicted molar refractivity (Wildman–Crippen MR) is 74.7 cm³/mol. The van der Waals surface area contributed by atoms with Gasteiger partial charge in [0, 0.05) is 24.6 Å². The first-order chi connectivity index (χ1) is 9.60. The van der Waals surface area contributed by atoms with Gasteiger partial charge >= 0.3 is 0 Å². The van der Waals surface area contributed by atoms with Crippen LogP contribution in [-0.2, 0) is 9.59 Å². The van der Waals surface area contributed by atoms with Crippen LogP contribution in [0.2, 0.25) is 0 Å². The Morgan fingerprint density at radius 2 is 2.00 bits per heavy atom. The van der Waals surface area contributed by atoms with Crippen LogP contribution < -0.4 is 10.6 Å². The number of rotatable bonds is 5. The zero-order valence-electron chi connectivity index (χ0n) is 11.3. The minimum Gasteiger partial charge on any atom is -0.355 e. The minimum atomic E-state index is -0.154. The van der Waals surface area contributed by atoms with Gasteiger partial charge < -0.3 is 10.6 Å². The molecule has 2 amide bonds. The van der Waals surface area contributed by atoms with Crippen molar-refractivity contribution in [2.24, 2.45) is 11.8 Å². The molecular weight excluding hydrogens is 254 g/mol. The summed E-state index contributed by atoms with van der Waals surface area (Å²) in [6.07, 6.45) is 1.19. The topological polar surface area (TPSA) is 82.0 Å². The Balaban J connectivity index is 1.69. The fourth-order valence-electron chi connectivity index (χ4n) is 1.97. The average molecular weight is 271 g/mol. The van der Waals surface area contributed by atoms with E-state index in [1.54, 1.807) is 24.3 Å². The van der Waals surface area contributed by atoms with Gasteiger partial charge in [-0.05, 0) is 36.6 Å². The van der Waals surface area contributed by atoms with Gasteiger partial charge in [-0.25, -0.2) is 0 Å². The molecule has 0 aromatic heterocycles. The van der Waals surface area contributed by atoms with E-state index < -0.39 is 0 Å². The normalized spacial score (nSPS) is 19.8. The third-order valence-corrected chi connectivity index (χ3v) is 3.40. The highest BCUT2D eigenvalue weighted by atomic mass is 16.2. The van der Waals surface area contributed by atoms with Gasteiger partial charge in [0.1, 0.15) is 0 Å². The molecule has 1 aromatic rings. The standard InChI is InChI=1S/C15H17N3O2/c1-10-8-13(10)15(20)17-7-6-14(19)18-12-4-2-11(9-16)3-5-12/h2-5,10,13H,6-8H2,1H3,(H,17,20)(H,18,19)/t10-,13+/m1/s1. The molecule has 1 fully saturated rings. The van der Waals surface area contributed by atoms with E-state index in [1.807, 2.05) is 13.0 Å². The summed E-state index contributed by atoms with van der Waals surface area (Å²) in [5.74, 6) is 0.501. The summed E-state index contributed by atoms with van der Waals surface area (Å²) >= 11 is 0. The molecule has 2 atom stereocenters. The summed E-state index contributed by atoms with van der Waals surface area (Å²) in [7, 11) is 0. The van der Waals surface area contributed by atoms with Gasteiger partial charge in [-0.1, -0.05) is 6.92 Å². The lowest BCUT2D eigenvalue weighted by molar-refractivity contribution is -0.122. The van der Waals surface area contributed by atoms with Gasteiger partial charge in [0.25, 0.3) is 0 Å². The van der Waals surface area contributed by atoms with Crippen LogP contribution in [0.15, 0.2) is 24.3 Å². The number of anilines is 1. The molecule has 5 heteroatoms. The van der Waals surface area contributed by atoms with E-state index in [0.29, 0.717) is 23.7 Å². The van der Waals surface area contributed by atoms with Gasteiger partial charge in [-0.15, -0.1) is 0 Å². The smallest absolute Gasteiger partial charge is 0.226 e. The Morgan fingerprint density at radius 3 is 2.55 bits per heavy atom. The van der Waals surface area contributed by atoms with Crippen LogP contribution in [0, 0.1) is 23.2 Å². The average Bonchev–Trinajstić information content (AvgIpc) is 3.17. The Kier molecular flexibility index (Phi) is 4.36.